The number of aromatic nitrogens is 3. The molecule has 0 aliphatic heterocycles. The van der Waals surface area contributed by atoms with Gasteiger partial charge in [-0.1, -0.05) is 43.3 Å². The Labute approximate surface area is 123 Å². The maximum absolute atomic E-state index is 5.99. The molecular weight excluding hydrogens is 264 g/mol. The largest absolute Gasteiger partial charge is 0.380 e. The number of nitrogens with one attached hydrogen (secondary N) is 1. The quantitative estimate of drug-likeness (QED) is 0.766. The molecule has 0 aliphatic rings. The van der Waals surface area contributed by atoms with Crippen LogP contribution in [0.4, 0.5) is 5.82 Å². The van der Waals surface area contributed by atoms with Crippen LogP contribution in [-0.2, 0) is 0 Å². The summed E-state index contributed by atoms with van der Waals surface area (Å²) in [6, 6.07) is 8.32. The van der Waals surface area contributed by atoms with Gasteiger partial charge < -0.3 is 10.3 Å². The number of nitrogens with two attached hydrogens (primary N) is 1. The number of hydrogen-bond acceptors (Lipinski definition) is 4. The van der Waals surface area contributed by atoms with Gasteiger partial charge in [-0.3, -0.25) is 5.10 Å². The van der Waals surface area contributed by atoms with Crippen molar-refractivity contribution < 1.29 is 4.52 Å². The van der Waals surface area contributed by atoms with Gasteiger partial charge >= 0.3 is 0 Å². The summed E-state index contributed by atoms with van der Waals surface area (Å²) in [5, 5.41) is 10.8. The first-order valence-electron chi connectivity index (χ1n) is 6.93. The molecule has 3 rings (SSSR count). The van der Waals surface area contributed by atoms with Crippen molar-refractivity contribution >= 4 is 5.82 Å². The third-order valence-electron chi connectivity index (χ3n) is 3.66. The van der Waals surface area contributed by atoms with Crippen LogP contribution in [0.15, 0.2) is 35.0 Å². The maximum atomic E-state index is 5.99. The predicted molar refractivity (Wildman–Crippen MR) is 82.8 cm³/mol. The number of rotatable bonds is 3. The fourth-order valence-electron chi connectivity index (χ4n) is 2.38. The van der Waals surface area contributed by atoms with Crippen molar-refractivity contribution in [2.75, 3.05) is 5.73 Å². The third kappa shape index (κ3) is 2.31. The number of nitrogens with zero attached hydrogens (tertiary/aromatic N) is 2. The lowest BCUT2D eigenvalue weighted by Gasteiger charge is -2.07. The fraction of sp³-hybridized carbons (Fsp3) is 0.250. The standard InChI is InChI=1S/C16H18N4O/c1-9(2)11-4-6-12(7-5-11)14-15(21-20-16(14)17)13-8-18-19-10(13)3/h4-9H,1-3H3,(H2,17,20)(H,18,19). The van der Waals surface area contributed by atoms with Gasteiger partial charge in [-0.25, -0.2) is 0 Å². The van der Waals surface area contributed by atoms with Gasteiger partial charge in [0.15, 0.2) is 11.6 Å². The topological polar surface area (TPSA) is 80.7 Å². The fourth-order valence-corrected chi connectivity index (χ4v) is 2.38. The molecule has 0 saturated carbocycles. The lowest BCUT2D eigenvalue weighted by molar-refractivity contribution is 0.436. The van der Waals surface area contributed by atoms with E-state index in [2.05, 4.69) is 53.5 Å². The molecule has 2 aromatic heterocycles. The molecular formula is C16H18N4O. The smallest absolute Gasteiger partial charge is 0.180 e. The SMILES string of the molecule is Cc1[nH]ncc1-c1onc(N)c1-c1ccc(C(C)C)cc1. The van der Waals surface area contributed by atoms with Gasteiger partial charge in [-0.05, 0) is 24.0 Å². The van der Waals surface area contributed by atoms with Gasteiger partial charge in [-0.2, -0.15) is 5.10 Å². The average molecular weight is 282 g/mol. The molecule has 5 heteroatoms. The van der Waals surface area contributed by atoms with Gasteiger partial charge in [0.25, 0.3) is 0 Å². The van der Waals surface area contributed by atoms with Crippen molar-refractivity contribution in [1.82, 2.24) is 15.4 Å². The second-order valence-corrected chi connectivity index (χ2v) is 5.46. The normalized spacial score (nSPS) is 11.2. The second-order valence-electron chi connectivity index (χ2n) is 5.46. The minimum Gasteiger partial charge on any atom is -0.380 e. The Bertz CT molecular complexity index is 753. The number of benzene rings is 1. The molecule has 0 unspecified atom stereocenters. The number of aryl methyl sites for hydroxylation is 1. The average Bonchev–Trinajstić information content (AvgIpc) is 3.04. The van der Waals surface area contributed by atoms with Crippen molar-refractivity contribution in [3.05, 3.63) is 41.7 Å². The van der Waals surface area contributed by atoms with E-state index >= 15 is 0 Å². The summed E-state index contributed by atoms with van der Waals surface area (Å²) < 4.78 is 5.42. The minimum atomic E-state index is 0.392. The Balaban J connectivity index is 2.10. The first kappa shape index (κ1) is 13.4. The Kier molecular flexibility index (Phi) is 3.25. The van der Waals surface area contributed by atoms with Gasteiger partial charge in [0, 0.05) is 5.69 Å². The van der Waals surface area contributed by atoms with Crippen LogP contribution in [0, 0.1) is 6.92 Å². The molecule has 0 amide bonds. The first-order valence-corrected chi connectivity index (χ1v) is 6.93. The van der Waals surface area contributed by atoms with Crippen LogP contribution in [-0.4, -0.2) is 15.4 Å². The van der Waals surface area contributed by atoms with Gasteiger partial charge in [0.1, 0.15) is 0 Å². The Morgan fingerprint density at radius 3 is 2.48 bits per heavy atom. The number of aromatic amines is 1. The van der Waals surface area contributed by atoms with E-state index in [4.69, 9.17) is 10.3 Å². The van der Waals surface area contributed by atoms with Crippen LogP contribution >= 0.6 is 0 Å². The van der Waals surface area contributed by atoms with Crippen molar-refractivity contribution in [1.29, 1.82) is 0 Å². The highest BCUT2D eigenvalue weighted by Crippen LogP contribution is 2.37. The van der Waals surface area contributed by atoms with E-state index in [9.17, 15) is 0 Å². The summed E-state index contributed by atoms with van der Waals surface area (Å²) in [6.07, 6.45) is 1.72. The van der Waals surface area contributed by atoms with Crippen LogP contribution in [0.25, 0.3) is 22.5 Å². The summed E-state index contributed by atoms with van der Waals surface area (Å²) in [7, 11) is 0. The predicted octanol–water partition coefficient (Wildman–Crippen LogP) is 3.75. The zero-order valence-corrected chi connectivity index (χ0v) is 12.3. The van der Waals surface area contributed by atoms with Gasteiger partial charge in [0.2, 0.25) is 0 Å². The molecule has 2 heterocycles. The summed E-state index contributed by atoms with van der Waals surface area (Å²) in [6.45, 7) is 6.28. The zero-order chi connectivity index (χ0) is 15.0. The van der Waals surface area contributed by atoms with Crippen LogP contribution in [0.2, 0.25) is 0 Å². The molecule has 0 atom stereocenters. The molecule has 1 aromatic carbocycles. The van der Waals surface area contributed by atoms with Gasteiger partial charge in [0.05, 0.1) is 17.3 Å². The molecule has 3 N–H and O–H groups in total. The highest BCUT2D eigenvalue weighted by molar-refractivity contribution is 5.86. The molecule has 0 saturated heterocycles. The lowest BCUT2D eigenvalue weighted by atomic mass is 9.97. The first-order chi connectivity index (χ1) is 10.1. The van der Waals surface area contributed by atoms with Crippen LogP contribution in [0.5, 0.6) is 0 Å². The van der Waals surface area contributed by atoms with E-state index in [1.54, 1.807) is 6.20 Å². The molecule has 0 bridgehead atoms. The van der Waals surface area contributed by atoms with E-state index in [1.807, 2.05) is 6.92 Å². The maximum Gasteiger partial charge on any atom is 0.180 e. The molecule has 21 heavy (non-hydrogen) atoms. The number of anilines is 1. The van der Waals surface area contributed by atoms with Crippen LogP contribution < -0.4 is 5.73 Å². The summed E-state index contributed by atoms with van der Waals surface area (Å²) in [5.41, 5.74) is 10.9. The van der Waals surface area contributed by atoms with Crippen LogP contribution in [0.3, 0.4) is 0 Å². The van der Waals surface area contributed by atoms with E-state index in [-0.39, 0.29) is 0 Å². The minimum absolute atomic E-state index is 0.392. The molecule has 0 fully saturated rings. The van der Waals surface area contributed by atoms with E-state index in [0.717, 1.165) is 22.4 Å². The van der Waals surface area contributed by atoms with Crippen molar-refractivity contribution in [3.8, 4) is 22.5 Å². The summed E-state index contributed by atoms with van der Waals surface area (Å²) in [4.78, 5) is 0. The highest BCUT2D eigenvalue weighted by Gasteiger charge is 2.20. The van der Waals surface area contributed by atoms with Crippen molar-refractivity contribution in [2.24, 2.45) is 0 Å². The molecule has 0 spiro atoms. The molecule has 0 radical (unpaired) electrons. The second kappa shape index (κ2) is 5.09. The zero-order valence-electron chi connectivity index (χ0n) is 12.3. The Morgan fingerprint density at radius 1 is 1.19 bits per heavy atom. The van der Waals surface area contributed by atoms with E-state index in [0.29, 0.717) is 17.5 Å². The molecule has 5 nitrogen and oxygen atoms in total. The monoisotopic (exact) mass is 282 g/mol. The molecule has 3 aromatic rings. The number of H-pyrrole nitrogens is 1. The summed E-state index contributed by atoms with van der Waals surface area (Å²) >= 11 is 0. The Hall–Kier alpha value is -2.56. The Morgan fingerprint density at radius 2 is 1.90 bits per heavy atom. The molecule has 108 valence electrons. The van der Waals surface area contributed by atoms with Crippen molar-refractivity contribution in [2.45, 2.75) is 26.7 Å². The van der Waals surface area contributed by atoms with Crippen LogP contribution in [0.1, 0.15) is 31.0 Å². The van der Waals surface area contributed by atoms with E-state index < -0.39 is 0 Å². The highest BCUT2D eigenvalue weighted by atomic mass is 16.5. The van der Waals surface area contributed by atoms with Crippen molar-refractivity contribution in [3.63, 3.8) is 0 Å². The van der Waals surface area contributed by atoms with E-state index in [1.165, 1.54) is 5.56 Å². The lowest BCUT2D eigenvalue weighted by Crippen LogP contribution is -1.91. The number of hydrogen-bond donors (Lipinski definition) is 2. The summed E-state index contributed by atoms with van der Waals surface area (Å²) in [5.74, 6) is 1.54. The third-order valence-corrected chi connectivity index (χ3v) is 3.66. The number of nitrogen functional groups attached to an aromatic ring is 1. The molecule has 0 aliphatic carbocycles. The van der Waals surface area contributed by atoms with Gasteiger partial charge in [-0.15, -0.1) is 0 Å².